The van der Waals surface area contributed by atoms with Gasteiger partial charge in [-0.1, -0.05) is 13.8 Å². The third-order valence-electron chi connectivity index (χ3n) is 2.16. The molecule has 1 aromatic heterocycles. The van der Waals surface area contributed by atoms with E-state index in [2.05, 4.69) is 10.4 Å². The van der Waals surface area contributed by atoms with Crippen LogP contribution in [0.2, 0.25) is 0 Å². The van der Waals surface area contributed by atoms with Crippen molar-refractivity contribution in [2.24, 2.45) is 5.92 Å². The number of carbonyl (C=O) groups is 1. The van der Waals surface area contributed by atoms with Crippen LogP contribution in [0.4, 0.5) is 5.82 Å². The fraction of sp³-hybridized carbons (Fsp3) is 0.600. The van der Waals surface area contributed by atoms with E-state index in [1.807, 2.05) is 13.8 Å². The van der Waals surface area contributed by atoms with Crippen LogP contribution < -0.4 is 5.32 Å². The Morgan fingerprint density at radius 2 is 2.29 bits per heavy atom. The molecule has 1 amide bonds. The standard InChI is InChI=1S/C10H16N4O3/c1-7(2)5-11-10(15)6-13-8(3)4-9(12-13)14(16)17/h4,7H,5-6H2,1-3H3,(H,11,15). The number of hydrogen-bond acceptors (Lipinski definition) is 4. The molecule has 7 nitrogen and oxygen atoms in total. The van der Waals surface area contributed by atoms with Crippen LogP contribution in [0, 0.1) is 23.0 Å². The second-order valence-electron chi connectivity index (χ2n) is 4.26. The van der Waals surface area contributed by atoms with E-state index in [0.717, 1.165) is 0 Å². The molecule has 7 heteroatoms. The zero-order valence-corrected chi connectivity index (χ0v) is 10.1. The molecule has 0 radical (unpaired) electrons. The third-order valence-corrected chi connectivity index (χ3v) is 2.16. The van der Waals surface area contributed by atoms with Gasteiger partial charge in [0, 0.05) is 6.54 Å². The number of rotatable bonds is 5. The molecule has 0 aliphatic carbocycles. The van der Waals surface area contributed by atoms with Crippen molar-refractivity contribution in [3.63, 3.8) is 0 Å². The Balaban J connectivity index is 2.62. The van der Waals surface area contributed by atoms with Crippen molar-refractivity contribution in [1.82, 2.24) is 15.1 Å². The zero-order valence-electron chi connectivity index (χ0n) is 10.1. The summed E-state index contributed by atoms with van der Waals surface area (Å²) in [6.45, 7) is 6.25. The van der Waals surface area contributed by atoms with Crippen molar-refractivity contribution in [2.45, 2.75) is 27.3 Å². The van der Waals surface area contributed by atoms with Crippen molar-refractivity contribution < 1.29 is 9.72 Å². The largest absolute Gasteiger partial charge is 0.390 e. The van der Waals surface area contributed by atoms with Gasteiger partial charge in [-0.25, -0.2) is 0 Å². The summed E-state index contributed by atoms with van der Waals surface area (Å²) in [5.41, 5.74) is 0.594. The molecule has 0 aromatic carbocycles. The van der Waals surface area contributed by atoms with Crippen LogP contribution in [-0.2, 0) is 11.3 Å². The second kappa shape index (κ2) is 5.42. The molecule has 0 bridgehead atoms. The summed E-state index contributed by atoms with van der Waals surface area (Å²) in [4.78, 5) is 21.4. The molecule has 0 aliphatic rings. The second-order valence-corrected chi connectivity index (χ2v) is 4.26. The molecule has 0 atom stereocenters. The van der Waals surface area contributed by atoms with Crippen LogP contribution >= 0.6 is 0 Å². The molecule has 1 aromatic rings. The van der Waals surface area contributed by atoms with Crippen LogP contribution in [0.5, 0.6) is 0 Å². The molecule has 0 fully saturated rings. The van der Waals surface area contributed by atoms with Gasteiger partial charge in [-0.05, 0) is 17.8 Å². The van der Waals surface area contributed by atoms with Crippen molar-refractivity contribution in [3.8, 4) is 0 Å². The van der Waals surface area contributed by atoms with Gasteiger partial charge in [0.2, 0.25) is 5.91 Å². The molecule has 0 aliphatic heterocycles. The minimum atomic E-state index is -0.574. The molecule has 1 N–H and O–H groups in total. The molecule has 0 saturated heterocycles. The lowest BCUT2D eigenvalue weighted by molar-refractivity contribution is -0.389. The quantitative estimate of drug-likeness (QED) is 0.610. The van der Waals surface area contributed by atoms with Crippen molar-refractivity contribution in [2.75, 3.05) is 6.54 Å². The first-order valence-electron chi connectivity index (χ1n) is 5.35. The topological polar surface area (TPSA) is 90.1 Å². The maximum absolute atomic E-state index is 11.5. The third kappa shape index (κ3) is 3.86. The predicted molar refractivity (Wildman–Crippen MR) is 61.5 cm³/mol. The first-order valence-corrected chi connectivity index (χ1v) is 5.35. The minimum absolute atomic E-state index is 0.00634. The highest BCUT2D eigenvalue weighted by atomic mass is 16.6. The van der Waals surface area contributed by atoms with Crippen LogP contribution in [-0.4, -0.2) is 27.2 Å². The van der Waals surface area contributed by atoms with Gasteiger partial charge in [0.25, 0.3) is 0 Å². The number of carbonyl (C=O) groups excluding carboxylic acids is 1. The highest BCUT2D eigenvalue weighted by Crippen LogP contribution is 2.10. The molecule has 1 heterocycles. The number of nitro groups is 1. The molecule has 0 unspecified atom stereocenters. The Morgan fingerprint density at radius 3 is 2.76 bits per heavy atom. The summed E-state index contributed by atoms with van der Waals surface area (Å²) in [5, 5.41) is 17.0. The zero-order chi connectivity index (χ0) is 13.0. The summed E-state index contributed by atoms with van der Waals surface area (Å²) in [7, 11) is 0. The molecule has 94 valence electrons. The van der Waals surface area contributed by atoms with Crippen molar-refractivity contribution in [1.29, 1.82) is 0 Å². The van der Waals surface area contributed by atoms with E-state index in [0.29, 0.717) is 18.2 Å². The summed E-state index contributed by atoms with van der Waals surface area (Å²) >= 11 is 0. The lowest BCUT2D eigenvalue weighted by atomic mass is 10.2. The maximum Gasteiger partial charge on any atom is 0.390 e. The molecule has 17 heavy (non-hydrogen) atoms. The summed E-state index contributed by atoms with van der Waals surface area (Å²) in [6.07, 6.45) is 0. The predicted octanol–water partition coefficient (Wildman–Crippen LogP) is 0.872. The van der Waals surface area contributed by atoms with Gasteiger partial charge in [0.15, 0.2) is 0 Å². The Hall–Kier alpha value is -1.92. The Labute approximate surface area is 99.0 Å². The smallest absolute Gasteiger partial charge is 0.358 e. The maximum atomic E-state index is 11.5. The molecular weight excluding hydrogens is 224 g/mol. The molecular formula is C10H16N4O3. The van der Waals surface area contributed by atoms with E-state index in [4.69, 9.17) is 0 Å². The fourth-order valence-electron chi connectivity index (χ4n) is 1.25. The van der Waals surface area contributed by atoms with Crippen molar-refractivity contribution >= 4 is 11.7 Å². The lowest BCUT2D eigenvalue weighted by Gasteiger charge is -2.06. The first-order chi connectivity index (χ1) is 7.90. The average molecular weight is 240 g/mol. The minimum Gasteiger partial charge on any atom is -0.358 e. The fourth-order valence-corrected chi connectivity index (χ4v) is 1.25. The van der Waals surface area contributed by atoms with E-state index in [-0.39, 0.29) is 18.3 Å². The number of aromatic nitrogens is 2. The Morgan fingerprint density at radius 1 is 1.65 bits per heavy atom. The number of amides is 1. The number of nitrogens with zero attached hydrogens (tertiary/aromatic N) is 3. The van der Waals surface area contributed by atoms with E-state index >= 15 is 0 Å². The molecule has 1 rings (SSSR count). The first kappa shape index (κ1) is 13.1. The van der Waals surface area contributed by atoms with Gasteiger partial charge in [-0.2, -0.15) is 4.68 Å². The summed E-state index contributed by atoms with van der Waals surface area (Å²) < 4.78 is 1.33. The lowest BCUT2D eigenvalue weighted by Crippen LogP contribution is -2.31. The SMILES string of the molecule is Cc1cc([N+](=O)[O-])nn1CC(=O)NCC(C)C. The number of nitrogens with one attached hydrogen (secondary N) is 1. The van der Waals surface area contributed by atoms with Crippen LogP contribution in [0.25, 0.3) is 0 Å². The summed E-state index contributed by atoms with van der Waals surface area (Å²) in [6, 6.07) is 1.34. The summed E-state index contributed by atoms with van der Waals surface area (Å²) in [5.74, 6) is -0.0639. The monoisotopic (exact) mass is 240 g/mol. The normalized spacial score (nSPS) is 10.6. The Kier molecular flexibility index (Phi) is 4.19. The van der Waals surface area contributed by atoms with Crippen LogP contribution in [0.3, 0.4) is 0 Å². The number of aryl methyl sites for hydroxylation is 1. The molecule has 0 spiro atoms. The van der Waals surface area contributed by atoms with Gasteiger partial charge in [0.1, 0.15) is 6.54 Å². The van der Waals surface area contributed by atoms with Crippen LogP contribution in [0.15, 0.2) is 6.07 Å². The van der Waals surface area contributed by atoms with Gasteiger partial charge in [0.05, 0.1) is 16.9 Å². The van der Waals surface area contributed by atoms with Crippen LogP contribution in [0.1, 0.15) is 19.5 Å². The van der Waals surface area contributed by atoms with E-state index in [1.165, 1.54) is 10.7 Å². The van der Waals surface area contributed by atoms with Crippen molar-refractivity contribution in [3.05, 3.63) is 21.9 Å². The van der Waals surface area contributed by atoms with Gasteiger partial charge in [-0.15, -0.1) is 0 Å². The van der Waals surface area contributed by atoms with E-state index in [1.54, 1.807) is 6.92 Å². The van der Waals surface area contributed by atoms with E-state index in [9.17, 15) is 14.9 Å². The van der Waals surface area contributed by atoms with Gasteiger partial charge in [-0.3, -0.25) is 4.79 Å². The number of hydrogen-bond donors (Lipinski definition) is 1. The average Bonchev–Trinajstić information content (AvgIpc) is 2.58. The van der Waals surface area contributed by atoms with Gasteiger partial charge >= 0.3 is 5.82 Å². The highest BCUT2D eigenvalue weighted by Gasteiger charge is 2.17. The molecule has 0 saturated carbocycles. The van der Waals surface area contributed by atoms with Gasteiger partial charge < -0.3 is 15.4 Å². The highest BCUT2D eigenvalue weighted by molar-refractivity contribution is 5.75. The van der Waals surface area contributed by atoms with E-state index < -0.39 is 4.92 Å². The Bertz CT molecular complexity index is 425.